The molecule has 0 aromatic heterocycles. The predicted octanol–water partition coefficient (Wildman–Crippen LogP) is 3.90. The molecule has 3 N–H and O–H groups in total. The molecule has 2 bridgehead atoms. The summed E-state index contributed by atoms with van der Waals surface area (Å²) >= 11 is 0. The van der Waals surface area contributed by atoms with Gasteiger partial charge in [0.25, 0.3) is 0 Å². The third kappa shape index (κ3) is 6.06. The number of hydrogen-bond donors (Lipinski definition) is 2. The van der Waals surface area contributed by atoms with Gasteiger partial charge in [0.05, 0.1) is 5.92 Å². The van der Waals surface area contributed by atoms with Gasteiger partial charge < -0.3 is 11.1 Å². The van der Waals surface area contributed by atoms with Gasteiger partial charge in [0, 0.05) is 25.2 Å². The third-order valence-electron chi connectivity index (χ3n) is 6.86. The maximum Gasteiger partial charge on any atom is 0.224 e. The molecule has 3 unspecified atom stereocenters. The zero-order valence-corrected chi connectivity index (χ0v) is 18.5. The summed E-state index contributed by atoms with van der Waals surface area (Å²) in [7, 11) is 0. The molecule has 4 rings (SSSR count). The molecule has 0 radical (unpaired) electrons. The van der Waals surface area contributed by atoms with Crippen LogP contribution in [-0.2, 0) is 11.3 Å². The van der Waals surface area contributed by atoms with Crippen LogP contribution in [0.5, 0.6) is 0 Å². The summed E-state index contributed by atoms with van der Waals surface area (Å²) in [4.78, 5) is 15.3. The van der Waals surface area contributed by atoms with Gasteiger partial charge in [0.2, 0.25) is 5.91 Å². The van der Waals surface area contributed by atoms with Crippen molar-refractivity contribution in [3.63, 3.8) is 0 Å². The van der Waals surface area contributed by atoms with Gasteiger partial charge in [-0.05, 0) is 74.6 Å². The second-order valence-electron chi connectivity index (χ2n) is 8.92. The van der Waals surface area contributed by atoms with E-state index in [4.69, 9.17) is 5.73 Å². The van der Waals surface area contributed by atoms with Crippen molar-refractivity contribution in [2.75, 3.05) is 13.1 Å². The van der Waals surface area contributed by atoms with Crippen LogP contribution in [0, 0.1) is 23.6 Å². The van der Waals surface area contributed by atoms with Gasteiger partial charge in [-0.1, -0.05) is 18.6 Å². The van der Waals surface area contributed by atoms with Crippen LogP contribution in [0.4, 0.5) is 4.39 Å². The Balaban J connectivity index is 0.00000150. The van der Waals surface area contributed by atoms with Crippen LogP contribution in [-0.4, -0.2) is 36.0 Å². The van der Waals surface area contributed by atoms with E-state index in [1.165, 1.54) is 25.3 Å². The lowest BCUT2D eigenvalue weighted by molar-refractivity contribution is -0.129. The molecule has 164 valence electrons. The van der Waals surface area contributed by atoms with E-state index in [-0.39, 0.29) is 42.5 Å². The Morgan fingerprint density at radius 1 is 1.14 bits per heavy atom. The molecule has 1 saturated heterocycles. The molecule has 1 aromatic rings. The van der Waals surface area contributed by atoms with Gasteiger partial charge in [-0.15, -0.1) is 24.8 Å². The van der Waals surface area contributed by atoms with Gasteiger partial charge in [-0.3, -0.25) is 9.69 Å². The molecule has 3 fully saturated rings. The maximum atomic E-state index is 13.4. The van der Waals surface area contributed by atoms with Crippen LogP contribution < -0.4 is 11.1 Å². The number of likely N-dealkylation sites (tertiary alicyclic amines) is 1. The first-order valence-electron chi connectivity index (χ1n) is 10.6. The summed E-state index contributed by atoms with van der Waals surface area (Å²) in [6.45, 7) is 2.46. The maximum absolute atomic E-state index is 13.4. The van der Waals surface area contributed by atoms with Crippen LogP contribution in [0.1, 0.15) is 50.5 Å². The Bertz CT molecular complexity index is 663. The van der Waals surface area contributed by atoms with Crippen molar-refractivity contribution in [3.05, 3.63) is 35.6 Å². The normalized spacial score (nSPS) is 31.9. The molecule has 7 heteroatoms. The predicted molar refractivity (Wildman–Crippen MR) is 119 cm³/mol. The van der Waals surface area contributed by atoms with E-state index in [9.17, 15) is 9.18 Å². The number of benzene rings is 1. The topological polar surface area (TPSA) is 58.4 Å². The molecule has 4 nitrogen and oxygen atoms in total. The Kier molecular flexibility index (Phi) is 9.20. The van der Waals surface area contributed by atoms with E-state index < -0.39 is 0 Å². The van der Waals surface area contributed by atoms with E-state index >= 15 is 0 Å². The van der Waals surface area contributed by atoms with E-state index in [1.54, 1.807) is 12.1 Å². The monoisotopic (exact) mass is 445 g/mol. The number of carbonyl (C=O) groups is 1. The van der Waals surface area contributed by atoms with Crippen molar-refractivity contribution in [2.24, 2.45) is 23.5 Å². The molecule has 1 aromatic carbocycles. The summed E-state index contributed by atoms with van der Waals surface area (Å²) < 4.78 is 13.4. The molecule has 1 heterocycles. The summed E-state index contributed by atoms with van der Waals surface area (Å²) in [5, 5.41) is 3.42. The highest BCUT2D eigenvalue weighted by Crippen LogP contribution is 2.39. The van der Waals surface area contributed by atoms with Gasteiger partial charge in [-0.25, -0.2) is 4.39 Å². The number of rotatable bonds is 4. The smallest absolute Gasteiger partial charge is 0.224 e. The highest BCUT2D eigenvalue weighted by atomic mass is 35.5. The average Bonchev–Trinajstić information content (AvgIpc) is 2.63. The standard InChI is InChI=1S/C22H32FN3O.2ClH/c23-19-8-1-4-15(10-19)13-26-9-3-7-18(14-26)22(27)25-21-16-5-2-6-17(21)12-20(24)11-16;;/h1,4,8,10,16-18,20-21H,2-3,5-7,9,11-14,24H2,(H,25,27);2*1H. The molecular formula is C22H34Cl2FN3O. The van der Waals surface area contributed by atoms with Crippen molar-refractivity contribution in [1.29, 1.82) is 0 Å². The summed E-state index contributed by atoms with van der Waals surface area (Å²) in [6, 6.07) is 7.42. The van der Waals surface area contributed by atoms with Crippen LogP contribution in [0.15, 0.2) is 24.3 Å². The zero-order chi connectivity index (χ0) is 18.8. The average molecular weight is 446 g/mol. The lowest BCUT2D eigenvalue weighted by atomic mass is 9.67. The Morgan fingerprint density at radius 3 is 2.55 bits per heavy atom. The summed E-state index contributed by atoms with van der Waals surface area (Å²) in [5.74, 6) is 1.19. The van der Waals surface area contributed by atoms with Crippen molar-refractivity contribution in [3.8, 4) is 0 Å². The van der Waals surface area contributed by atoms with Gasteiger partial charge in [-0.2, -0.15) is 0 Å². The lowest BCUT2D eigenvalue weighted by Gasteiger charge is -2.46. The highest BCUT2D eigenvalue weighted by molar-refractivity contribution is 5.85. The first-order chi connectivity index (χ1) is 13.1. The number of nitrogens with zero attached hydrogens (tertiary/aromatic N) is 1. The summed E-state index contributed by atoms with van der Waals surface area (Å²) in [5.41, 5.74) is 7.20. The molecule has 2 saturated carbocycles. The molecule has 1 aliphatic heterocycles. The van der Waals surface area contributed by atoms with Crippen molar-refractivity contribution >= 4 is 30.7 Å². The third-order valence-corrected chi connectivity index (χ3v) is 6.86. The van der Waals surface area contributed by atoms with Crippen molar-refractivity contribution < 1.29 is 9.18 Å². The van der Waals surface area contributed by atoms with Crippen LogP contribution in [0.3, 0.4) is 0 Å². The van der Waals surface area contributed by atoms with Crippen LogP contribution >= 0.6 is 24.8 Å². The quantitative estimate of drug-likeness (QED) is 0.738. The fourth-order valence-corrected chi connectivity index (χ4v) is 5.61. The molecule has 3 atom stereocenters. The number of carbonyl (C=O) groups excluding carboxylic acids is 1. The van der Waals surface area contributed by atoms with Gasteiger partial charge in [0.15, 0.2) is 0 Å². The largest absolute Gasteiger partial charge is 0.353 e. The minimum absolute atomic E-state index is 0. The number of piperidine rings is 1. The lowest BCUT2D eigenvalue weighted by Crippen LogP contribution is -2.55. The fraction of sp³-hybridized carbons (Fsp3) is 0.682. The number of fused-ring (bicyclic) bond motifs is 2. The zero-order valence-electron chi connectivity index (χ0n) is 16.9. The number of nitrogens with one attached hydrogen (secondary N) is 1. The Labute approximate surface area is 186 Å². The van der Waals surface area contributed by atoms with Gasteiger partial charge in [0.1, 0.15) is 5.82 Å². The van der Waals surface area contributed by atoms with Crippen LogP contribution in [0.25, 0.3) is 0 Å². The minimum Gasteiger partial charge on any atom is -0.353 e. The molecule has 29 heavy (non-hydrogen) atoms. The van der Waals surface area contributed by atoms with Crippen molar-refractivity contribution in [1.82, 2.24) is 10.2 Å². The molecule has 2 aliphatic carbocycles. The second kappa shape index (κ2) is 10.9. The molecular weight excluding hydrogens is 412 g/mol. The SMILES string of the molecule is Cl.Cl.NC1CC2CCCC(C1)C2NC(=O)C1CCCN(Cc2cccc(F)c2)C1. The van der Waals surface area contributed by atoms with E-state index in [0.717, 1.165) is 44.3 Å². The molecule has 1 amide bonds. The first kappa shape index (κ1) is 24.4. The van der Waals surface area contributed by atoms with E-state index in [1.807, 2.05) is 6.07 Å². The Morgan fingerprint density at radius 2 is 1.86 bits per heavy atom. The number of halogens is 3. The number of amides is 1. The summed E-state index contributed by atoms with van der Waals surface area (Å²) in [6.07, 6.45) is 7.76. The highest BCUT2D eigenvalue weighted by Gasteiger charge is 2.40. The Hall–Kier alpha value is -0.880. The van der Waals surface area contributed by atoms with E-state index in [0.29, 0.717) is 30.5 Å². The van der Waals surface area contributed by atoms with E-state index in [2.05, 4.69) is 10.2 Å². The number of hydrogen-bond acceptors (Lipinski definition) is 3. The number of nitrogens with two attached hydrogens (primary N) is 1. The van der Waals surface area contributed by atoms with Crippen molar-refractivity contribution in [2.45, 2.75) is 63.6 Å². The molecule has 0 spiro atoms. The minimum atomic E-state index is -0.194. The fourth-order valence-electron chi connectivity index (χ4n) is 5.61. The van der Waals surface area contributed by atoms with Crippen LogP contribution in [0.2, 0.25) is 0 Å². The molecule has 3 aliphatic rings. The second-order valence-corrected chi connectivity index (χ2v) is 8.92. The van der Waals surface area contributed by atoms with Gasteiger partial charge >= 0.3 is 0 Å². The first-order valence-corrected chi connectivity index (χ1v) is 10.6.